The van der Waals surface area contributed by atoms with E-state index < -0.39 is 21.6 Å². The van der Waals surface area contributed by atoms with E-state index in [0.29, 0.717) is 68.5 Å². The fourth-order valence-electron chi connectivity index (χ4n) is 4.79. The van der Waals surface area contributed by atoms with Crippen molar-refractivity contribution in [2.75, 3.05) is 55.8 Å². The van der Waals surface area contributed by atoms with Crippen molar-refractivity contribution < 1.29 is 26.3 Å². The van der Waals surface area contributed by atoms with Crippen molar-refractivity contribution in [3.05, 3.63) is 55.9 Å². The summed E-state index contributed by atoms with van der Waals surface area (Å²) in [5.74, 6) is 0.925. The maximum atomic E-state index is 13.6. The molecule has 0 radical (unpaired) electrons. The summed E-state index contributed by atoms with van der Waals surface area (Å²) in [6.45, 7) is 5.26. The van der Waals surface area contributed by atoms with Crippen LogP contribution in [0, 0.1) is 10.5 Å². The number of rotatable bonds is 5. The molecule has 2 fully saturated rings. The van der Waals surface area contributed by atoms with Gasteiger partial charge in [0, 0.05) is 39.1 Å². The van der Waals surface area contributed by atoms with Crippen LogP contribution in [-0.2, 0) is 33.7 Å². The second-order valence-electron chi connectivity index (χ2n) is 9.38. The van der Waals surface area contributed by atoms with Gasteiger partial charge < -0.3 is 9.64 Å². The van der Waals surface area contributed by atoms with Gasteiger partial charge in [-0.25, -0.2) is 17.9 Å². The Bertz CT molecular complexity index is 1410. The minimum absolute atomic E-state index is 0.0827. The highest BCUT2D eigenvalue weighted by Gasteiger charge is 2.33. The molecule has 0 saturated carbocycles. The number of aromatic nitrogens is 3. The van der Waals surface area contributed by atoms with E-state index >= 15 is 0 Å². The molecule has 3 aromatic rings. The lowest BCUT2D eigenvalue weighted by Gasteiger charge is -2.28. The Kier molecular flexibility index (Phi) is 7.41. The number of halogens is 4. The second kappa shape index (κ2) is 10.3. The van der Waals surface area contributed by atoms with Gasteiger partial charge in [0.1, 0.15) is 0 Å². The van der Waals surface area contributed by atoms with Crippen LogP contribution in [0.2, 0.25) is 0 Å². The maximum Gasteiger partial charge on any atom is 0.416 e. The Labute approximate surface area is 226 Å². The molecule has 0 spiro atoms. The zero-order valence-corrected chi connectivity index (χ0v) is 23.2. The first-order valence-corrected chi connectivity index (χ1v) is 14.9. The summed E-state index contributed by atoms with van der Waals surface area (Å²) in [4.78, 5) is 9.02. The highest BCUT2D eigenvalue weighted by Crippen LogP contribution is 2.34. The molecule has 37 heavy (non-hydrogen) atoms. The number of imidazole rings is 1. The predicted molar refractivity (Wildman–Crippen MR) is 142 cm³/mol. The third-order valence-electron chi connectivity index (χ3n) is 6.96. The number of fused-ring (bicyclic) bond motifs is 1. The number of hydrogen-bond donors (Lipinski definition) is 0. The largest absolute Gasteiger partial charge is 0.416 e. The number of hydrogen-bond acceptors (Lipinski definition) is 7. The summed E-state index contributed by atoms with van der Waals surface area (Å²) in [6.07, 6.45) is -4.23. The molecule has 2 aromatic heterocycles. The van der Waals surface area contributed by atoms with Crippen LogP contribution in [0.15, 0.2) is 24.3 Å². The lowest BCUT2D eigenvalue weighted by Crippen LogP contribution is -2.39. The highest BCUT2D eigenvalue weighted by atomic mass is 127. The Morgan fingerprint density at radius 1 is 1.11 bits per heavy atom. The van der Waals surface area contributed by atoms with Gasteiger partial charge in [-0.3, -0.25) is 4.90 Å². The molecule has 2 saturated heterocycles. The minimum Gasteiger partial charge on any atom is -0.378 e. The second-order valence-corrected chi connectivity index (χ2v) is 12.8. The van der Waals surface area contributed by atoms with E-state index in [1.165, 1.54) is 13.0 Å². The van der Waals surface area contributed by atoms with Crippen LogP contribution in [0.3, 0.4) is 0 Å². The Morgan fingerprint density at radius 3 is 2.49 bits per heavy atom. The SMILES string of the molecule is Cc1c(Cc2c(CN3CCS(=O)(=O)CC3)nc3c(I)cc(N4CCOCC4)nn23)cccc1C(F)(F)F. The van der Waals surface area contributed by atoms with E-state index in [-0.39, 0.29) is 23.5 Å². The average Bonchev–Trinajstić information content (AvgIpc) is 3.19. The Morgan fingerprint density at radius 2 is 1.81 bits per heavy atom. The molecular formula is C24H27F3IN5O3S. The van der Waals surface area contributed by atoms with Gasteiger partial charge in [0.15, 0.2) is 21.3 Å². The molecule has 1 aromatic carbocycles. The van der Waals surface area contributed by atoms with Crippen molar-refractivity contribution in [2.24, 2.45) is 0 Å². The molecule has 0 bridgehead atoms. The lowest BCUT2D eigenvalue weighted by atomic mass is 9.98. The van der Waals surface area contributed by atoms with Gasteiger partial charge >= 0.3 is 6.18 Å². The third kappa shape index (κ3) is 5.73. The van der Waals surface area contributed by atoms with Crippen molar-refractivity contribution in [2.45, 2.75) is 26.1 Å². The van der Waals surface area contributed by atoms with E-state index in [1.54, 1.807) is 10.6 Å². The van der Waals surface area contributed by atoms with E-state index in [2.05, 4.69) is 27.5 Å². The first kappa shape index (κ1) is 26.6. The third-order valence-corrected chi connectivity index (χ3v) is 9.36. The zero-order valence-electron chi connectivity index (χ0n) is 20.3. The first-order valence-electron chi connectivity index (χ1n) is 12.0. The molecule has 2 aliphatic rings. The Balaban J connectivity index is 1.58. The topological polar surface area (TPSA) is 80.0 Å². The number of sulfone groups is 1. The van der Waals surface area contributed by atoms with Crippen molar-refractivity contribution in [3.63, 3.8) is 0 Å². The predicted octanol–water partition coefficient (Wildman–Crippen LogP) is 3.32. The van der Waals surface area contributed by atoms with E-state index in [1.807, 2.05) is 11.0 Å². The minimum atomic E-state index is -4.45. The molecule has 0 N–H and O–H groups in total. The summed E-state index contributed by atoms with van der Waals surface area (Å²) in [5.41, 5.74) is 2.11. The number of benzene rings is 1. The van der Waals surface area contributed by atoms with E-state index in [9.17, 15) is 21.6 Å². The fourth-order valence-corrected chi connectivity index (χ4v) is 6.70. The number of nitrogens with zero attached hydrogens (tertiary/aromatic N) is 5. The van der Waals surface area contributed by atoms with Crippen molar-refractivity contribution >= 4 is 43.9 Å². The van der Waals surface area contributed by atoms with Crippen LogP contribution < -0.4 is 4.90 Å². The van der Waals surface area contributed by atoms with Crippen molar-refractivity contribution in [3.8, 4) is 0 Å². The molecular weight excluding hydrogens is 622 g/mol. The van der Waals surface area contributed by atoms with Crippen LogP contribution in [0.4, 0.5) is 19.0 Å². The van der Waals surface area contributed by atoms with Gasteiger partial charge in [0.2, 0.25) is 0 Å². The molecule has 200 valence electrons. The molecule has 0 unspecified atom stereocenters. The average molecular weight is 649 g/mol. The summed E-state index contributed by atoms with van der Waals surface area (Å²) >= 11 is 2.22. The van der Waals surface area contributed by atoms with Gasteiger partial charge in [0.05, 0.1) is 45.2 Å². The lowest BCUT2D eigenvalue weighted by molar-refractivity contribution is -0.138. The molecule has 5 rings (SSSR count). The zero-order chi connectivity index (χ0) is 26.4. The van der Waals surface area contributed by atoms with Crippen molar-refractivity contribution in [1.82, 2.24) is 19.5 Å². The number of ether oxygens (including phenoxy) is 1. The molecule has 0 atom stereocenters. The first-order chi connectivity index (χ1) is 17.5. The molecule has 13 heteroatoms. The summed E-state index contributed by atoms with van der Waals surface area (Å²) in [7, 11) is -3.04. The van der Waals surface area contributed by atoms with Crippen LogP contribution in [-0.4, -0.2) is 78.8 Å². The molecule has 0 aliphatic carbocycles. The number of morpholine rings is 1. The standard InChI is InChI=1S/C24H27F3IN5O3S/c1-16-17(3-2-4-18(16)24(25,26)27)13-21-20(15-31-7-11-37(34,35)12-8-31)29-23-19(28)14-22(30-33(21)23)32-5-9-36-10-6-32/h2-4,14H,5-13,15H2,1H3. The van der Waals surface area contributed by atoms with Crippen LogP contribution in [0.1, 0.15) is 28.1 Å². The van der Waals surface area contributed by atoms with Gasteiger partial charge in [-0.05, 0) is 52.8 Å². The van der Waals surface area contributed by atoms with E-state index in [0.717, 1.165) is 15.5 Å². The highest BCUT2D eigenvalue weighted by molar-refractivity contribution is 14.1. The van der Waals surface area contributed by atoms with Crippen molar-refractivity contribution in [1.29, 1.82) is 0 Å². The van der Waals surface area contributed by atoms with Crippen LogP contribution >= 0.6 is 22.6 Å². The monoisotopic (exact) mass is 649 g/mol. The van der Waals surface area contributed by atoms with Gasteiger partial charge in [-0.2, -0.15) is 13.2 Å². The summed E-state index contributed by atoms with van der Waals surface area (Å²) in [5, 5.41) is 4.88. The molecule has 8 nitrogen and oxygen atoms in total. The van der Waals surface area contributed by atoms with E-state index in [4.69, 9.17) is 14.8 Å². The van der Waals surface area contributed by atoms with Gasteiger partial charge in [0.25, 0.3) is 0 Å². The maximum absolute atomic E-state index is 13.6. The van der Waals surface area contributed by atoms with Gasteiger partial charge in [-0.15, -0.1) is 5.10 Å². The fraction of sp³-hybridized carbons (Fsp3) is 0.500. The van der Waals surface area contributed by atoms with Gasteiger partial charge in [-0.1, -0.05) is 12.1 Å². The molecule has 2 aliphatic heterocycles. The van der Waals surface area contributed by atoms with Crippen LogP contribution in [0.25, 0.3) is 5.65 Å². The molecule has 4 heterocycles. The smallest absolute Gasteiger partial charge is 0.378 e. The normalized spacial score (nSPS) is 19.0. The Hall–Kier alpha value is -1.97. The summed E-state index contributed by atoms with van der Waals surface area (Å²) in [6, 6.07) is 6.20. The molecule has 0 amide bonds. The number of anilines is 1. The van der Waals surface area contributed by atoms with Crippen LogP contribution in [0.5, 0.6) is 0 Å². The quantitative estimate of drug-likeness (QED) is 0.393. The number of alkyl halides is 3. The summed E-state index contributed by atoms with van der Waals surface area (Å²) < 4.78 is 72.8.